The van der Waals surface area contributed by atoms with Gasteiger partial charge < -0.3 is 4.90 Å². The lowest BCUT2D eigenvalue weighted by Gasteiger charge is -2.28. The molecule has 5 heteroatoms. The summed E-state index contributed by atoms with van der Waals surface area (Å²) in [6.45, 7) is 6.84. The Morgan fingerprint density at radius 1 is 1.47 bits per heavy atom. The van der Waals surface area contributed by atoms with Crippen molar-refractivity contribution in [2.45, 2.75) is 39.7 Å². The first kappa shape index (κ1) is 13.7. The van der Waals surface area contributed by atoms with Crippen LogP contribution < -0.4 is 4.90 Å². The predicted molar refractivity (Wildman–Crippen MR) is 69.1 cm³/mol. The molecule has 0 fully saturated rings. The molecule has 0 aliphatic heterocycles. The van der Waals surface area contributed by atoms with Crippen LogP contribution in [0.25, 0.3) is 0 Å². The molecular formula is C12H17ClN4. The minimum absolute atomic E-state index is 0.277. The van der Waals surface area contributed by atoms with E-state index in [1.165, 1.54) is 6.33 Å². The van der Waals surface area contributed by atoms with Gasteiger partial charge in [0.25, 0.3) is 0 Å². The van der Waals surface area contributed by atoms with E-state index in [2.05, 4.69) is 34.8 Å². The fraction of sp³-hybridized carbons (Fsp3) is 0.583. The molecular weight excluding hydrogens is 236 g/mol. The molecule has 0 aromatic carbocycles. The van der Waals surface area contributed by atoms with Gasteiger partial charge >= 0.3 is 0 Å². The fourth-order valence-corrected chi connectivity index (χ4v) is 1.97. The average Bonchev–Trinajstić information content (AvgIpc) is 2.29. The third kappa shape index (κ3) is 3.31. The summed E-state index contributed by atoms with van der Waals surface area (Å²) in [5.41, 5.74) is 0.945. The standard InChI is InChI=1S/C12H17ClN4/c1-4-10-11(13)15-8-16-12(10)17(9(2)3)7-5-6-14/h8-9H,4-5,7H2,1-3H3. The highest BCUT2D eigenvalue weighted by molar-refractivity contribution is 6.30. The molecule has 0 unspecified atom stereocenters. The van der Waals surface area contributed by atoms with Gasteiger partial charge in [0.2, 0.25) is 0 Å². The molecule has 92 valence electrons. The van der Waals surface area contributed by atoms with Crippen LogP contribution in [-0.2, 0) is 6.42 Å². The largest absolute Gasteiger partial charge is 0.353 e. The van der Waals surface area contributed by atoms with Crippen molar-refractivity contribution >= 4 is 17.4 Å². The Morgan fingerprint density at radius 2 is 2.18 bits per heavy atom. The number of hydrogen-bond acceptors (Lipinski definition) is 4. The van der Waals surface area contributed by atoms with Gasteiger partial charge in [0, 0.05) is 18.2 Å². The van der Waals surface area contributed by atoms with Crippen molar-refractivity contribution in [1.29, 1.82) is 5.26 Å². The van der Waals surface area contributed by atoms with Crippen molar-refractivity contribution in [1.82, 2.24) is 9.97 Å². The van der Waals surface area contributed by atoms with E-state index in [-0.39, 0.29) is 6.04 Å². The number of nitrogens with zero attached hydrogens (tertiary/aromatic N) is 4. The van der Waals surface area contributed by atoms with Crippen LogP contribution >= 0.6 is 11.6 Å². The van der Waals surface area contributed by atoms with Gasteiger partial charge in [0.1, 0.15) is 17.3 Å². The lowest BCUT2D eigenvalue weighted by Crippen LogP contribution is -2.33. The number of halogens is 1. The first-order valence-electron chi connectivity index (χ1n) is 5.74. The van der Waals surface area contributed by atoms with Crippen molar-refractivity contribution in [3.8, 4) is 6.07 Å². The molecule has 0 spiro atoms. The Balaban J connectivity index is 3.09. The summed E-state index contributed by atoms with van der Waals surface area (Å²) in [5.74, 6) is 0.845. The molecule has 0 atom stereocenters. The summed E-state index contributed by atoms with van der Waals surface area (Å²) in [5, 5.41) is 9.19. The zero-order valence-electron chi connectivity index (χ0n) is 10.4. The lowest BCUT2D eigenvalue weighted by atomic mass is 10.2. The van der Waals surface area contributed by atoms with Crippen LogP contribution in [0, 0.1) is 11.3 Å². The Hall–Kier alpha value is -1.34. The second-order valence-electron chi connectivity index (χ2n) is 4.02. The van der Waals surface area contributed by atoms with Crippen molar-refractivity contribution in [2.24, 2.45) is 0 Å². The molecule has 0 saturated carbocycles. The second kappa shape index (κ2) is 6.41. The summed E-state index contributed by atoms with van der Waals surface area (Å²) in [6, 6.07) is 2.43. The molecule has 4 nitrogen and oxygen atoms in total. The first-order chi connectivity index (χ1) is 8.11. The molecule has 1 heterocycles. The monoisotopic (exact) mass is 252 g/mol. The minimum atomic E-state index is 0.277. The maximum atomic E-state index is 8.69. The highest BCUT2D eigenvalue weighted by Gasteiger charge is 2.17. The van der Waals surface area contributed by atoms with Crippen molar-refractivity contribution in [3.05, 3.63) is 17.0 Å². The van der Waals surface area contributed by atoms with Gasteiger partial charge in [-0.3, -0.25) is 0 Å². The maximum absolute atomic E-state index is 8.69. The summed E-state index contributed by atoms with van der Waals surface area (Å²) in [6.07, 6.45) is 2.73. The van der Waals surface area contributed by atoms with Crippen LogP contribution in [0.1, 0.15) is 32.8 Å². The number of nitriles is 1. The van der Waals surface area contributed by atoms with Crippen molar-refractivity contribution in [2.75, 3.05) is 11.4 Å². The third-order valence-corrected chi connectivity index (χ3v) is 2.91. The first-order valence-corrected chi connectivity index (χ1v) is 6.12. The van der Waals surface area contributed by atoms with Gasteiger partial charge in [-0.05, 0) is 20.3 Å². The van der Waals surface area contributed by atoms with Crippen molar-refractivity contribution in [3.63, 3.8) is 0 Å². The van der Waals surface area contributed by atoms with Gasteiger partial charge in [-0.1, -0.05) is 18.5 Å². The third-order valence-electron chi connectivity index (χ3n) is 2.58. The Bertz CT molecular complexity index is 411. The molecule has 0 aliphatic rings. The molecule has 0 radical (unpaired) electrons. The number of rotatable bonds is 5. The van der Waals surface area contributed by atoms with E-state index in [1.54, 1.807) is 0 Å². The van der Waals surface area contributed by atoms with Crippen molar-refractivity contribution < 1.29 is 0 Å². The lowest BCUT2D eigenvalue weighted by molar-refractivity contribution is 0.671. The van der Waals surface area contributed by atoms with E-state index in [1.807, 2.05) is 6.92 Å². The van der Waals surface area contributed by atoms with Gasteiger partial charge in [0.15, 0.2) is 0 Å². The average molecular weight is 253 g/mol. The van der Waals surface area contributed by atoms with Crippen LogP contribution in [0.2, 0.25) is 5.15 Å². The van der Waals surface area contributed by atoms with Crippen LogP contribution in [0.4, 0.5) is 5.82 Å². The van der Waals surface area contributed by atoms with Crippen LogP contribution in [0.3, 0.4) is 0 Å². The second-order valence-corrected chi connectivity index (χ2v) is 4.37. The Morgan fingerprint density at radius 3 is 2.71 bits per heavy atom. The predicted octanol–water partition coefficient (Wildman–Crippen LogP) is 2.82. The molecule has 1 aromatic heterocycles. The number of anilines is 1. The Labute approximate surface area is 107 Å². The zero-order valence-corrected chi connectivity index (χ0v) is 11.2. The van der Waals surface area contributed by atoms with Gasteiger partial charge in [-0.25, -0.2) is 9.97 Å². The van der Waals surface area contributed by atoms with E-state index in [9.17, 15) is 0 Å². The number of aromatic nitrogens is 2. The highest BCUT2D eigenvalue weighted by Crippen LogP contribution is 2.25. The molecule has 0 bridgehead atoms. The normalized spacial score (nSPS) is 10.4. The zero-order chi connectivity index (χ0) is 12.8. The Kier molecular flexibility index (Phi) is 5.17. The molecule has 17 heavy (non-hydrogen) atoms. The summed E-state index contributed by atoms with van der Waals surface area (Å²) in [4.78, 5) is 10.4. The van der Waals surface area contributed by atoms with E-state index in [0.717, 1.165) is 17.8 Å². The van der Waals surface area contributed by atoms with Gasteiger partial charge in [-0.15, -0.1) is 0 Å². The quantitative estimate of drug-likeness (QED) is 0.756. The smallest absolute Gasteiger partial charge is 0.137 e. The van der Waals surface area contributed by atoms with E-state index < -0.39 is 0 Å². The summed E-state index contributed by atoms with van der Waals surface area (Å²) >= 11 is 6.07. The minimum Gasteiger partial charge on any atom is -0.353 e. The molecule has 1 rings (SSSR count). The summed E-state index contributed by atoms with van der Waals surface area (Å²) < 4.78 is 0. The molecule has 0 N–H and O–H groups in total. The molecule has 1 aromatic rings. The maximum Gasteiger partial charge on any atom is 0.137 e. The highest BCUT2D eigenvalue weighted by atomic mass is 35.5. The topological polar surface area (TPSA) is 52.8 Å². The molecule has 0 saturated heterocycles. The van der Waals surface area contributed by atoms with E-state index in [4.69, 9.17) is 16.9 Å². The summed E-state index contributed by atoms with van der Waals surface area (Å²) in [7, 11) is 0. The van der Waals surface area contributed by atoms with Crippen LogP contribution in [0.15, 0.2) is 6.33 Å². The van der Waals surface area contributed by atoms with E-state index >= 15 is 0 Å². The van der Waals surface area contributed by atoms with Gasteiger partial charge in [0.05, 0.1) is 12.5 Å². The number of hydrogen-bond donors (Lipinski definition) is 0. The molecule has 0 aliphatic carbocycles. The molecule has 0 amide bonds. The fourth-order valence-electron chi connectivity index (χ4n) is 1.71. The van der Waals surface area contributed by atoms with Gasteiger partial charge in [-0.2, -0.15) is 5.26 Å². The van der Waals surface area contributed by atoms with Crippen LogP contribution in [-0.4, -0.2) is 22.6 Å². The van der Waals surface area contributed by atoms with E-state index in [0.29, 0.717) is 18.1 Å². The van der Waals surface area contributed by atoms with Crippen LogP contribution in [0.5, 0.6) is 0 Å². The SMILES string of the molecule is CCc1c(Cl)ncnc1N(CCC#N)C(C)C.